The van der Waals surface area contributed by atoms with Gasteiger partial charge in [0.2, 0.25) is 0 Å². The molecule has 0 amide bonds. The molecule has 0 nitrogen and oxygen atoms in total. The lowest BCUT2D eigenvalue weighted by Gasteiger charge is -2.17. The zero-order chi connectivity index (χ0) is 6.91. The second-order valence-corrected chi connectivity index (χ2v) is 3.71. The minimum Gasteiger partial charge on any atom is -0.103 e. The molecule has 52 valence electrons. The molecule has 0 heterocycles. The first kappa shape index (κ1) is 6.85. The van der Waals surface area contributed by atoms with Crippen LogP contribution in [0.2, 0.25) is 0 Å². The van der Waals surface area contributed by atoms with Crippen molar-refractivity contribution in [2.24, 2.45) is 11.3 Å². The first-order valence-corrected chi connectivity index (χ1v) is 3.80. The van der Waals surface area contributed by atoms with Crippen molar-refractivity contribution in [3.63, 3.8) is 0 Å². The molecule has 0 aromatic rings. The lowest BCUT2D eigenvalue weighted by atomic mass is 9.88. The maximum Gasteiger partial charge on any atom is -0.0147 e. The number of hydrogen-bond donors (Lipinski definition) is 0. The third-order valence-electron chi connectivity index (χ3n) is 2.52. The van der Waals surface area contributed by atoms with Crippen LogP contribution in [-0.4, -0.2) is 0 Å². The van der Waals surface area contributed by atoms with E-state index in [0.29, 0.717) is 5.41 Å². The number of rotatable bonds is 1. The van der Waals surface area contributed by atoms with Gasteiger partial charge in [-0.05, 0) is 30.6 Å². The highest BCUT2D eigenvalue weighted by atomic mass is 14.3. The van der Waals surface area contributed by atoms with Gasteiger partial charge in [-0.25, -0.2) is 0 Å². The van der Waals surface area contributed by atoms with Crippen molar-refractivity contribution in [1.82, 2.24) is 0 Å². The van der Waals surface area contributed by atoms with Crippen molar-refractivity contribution in [1.29, 1.82) is 0 Å². The molecule has 1 saturated carbocycles. The molecule has 0 radical (unpaired) electrons. The predicted molar refractivity (Wildman–Crippen MR) is 41.3 cm³/mol. The van der Waals surface area contributed by atoms with Crippen LogP contribution in [0.3, 0.4) is 0 Å². The first-order valence-electron chi connectivity index (χ1n) is 3.80. The molecule has 9 heavy (non-hydrogen) atoms. The van der Waals surface area contributed by atoms with Crippen LogP contribution in [-0.2, 0) is 0 Å². The summed E-state index contributed by atoms with van der Waals surface area (Å²) in [6, 6.07) is 0. The molecule has 1 fully saturated rings. The summed E-state index contributed by atoms with van der Waals surface area (Å²) >= 11 is 0. The molecule has 1 unspecified atom stereocenters. The van der Waals surface area contributed by atoms with Crippen LogP contribution >= 0.6 is 0 Å². The molecule has 0 aliphatic heterocycles. The predicted octanol–water partition coefficient (Wildman–Crippen LogP) is 3.00. The monoisotopic (exact) mass is 124 g/mol. The highest BCUT2D eigenvalue weighted by Gasteiger charge is 2.29. The van der Waals surface area contributed by atoms with E-state index in [1.165, 1.54) is 19.3 Å². The fourth-order valence-corrected chi connectivity index (χ4v) is 1.76. The topological polar surface area (TPSA) is 0 Å². The van der Waals surface area contributed by atoms with E-state index in [9.17, 15) is 0 Å². The van der Waals surface area contributed by atoms with Crippen molar-refractivity contribution in [2.75, 3.05) is 0 Å². The van der Waals surface area contributed by atoms with Gasteiger partial charge in [0.05, 0.1) is 0 Å². The Morgan fingerprint density at radius 2 is 2.33 bits per heavy atom. The molecule has 0 bridgehead atoms. The summed E-state index contributed by atoms with van der Waals surface area (Å²) < 4.78 is 0. The van der Waals surface area contributed by atoms with Crippen molar-refractivity contribution < 1.29 is 0 Å². The minimum atomic E-state index is 0.472. The Balaban J connectivity index is 2.54. The molecule has 1 aliphatic rings. The summed E-state index contributed by atoms with van der Waals surface area (Å²) in [7, 11) is 0. The van der Waals surface area contributed by atoms with Gasteiger partial charge in [-0.1, -0.05) is 19.9 Å². The SMILES string of the molecule is C=C[C@]1(C)CCC(C)C1. The van der Waals surface area contributed by atoms with E-state index in [1.807, 2.05) is 0 Å². The van der Waals surface area contributed by atoms with Crippen LogP contribution in [0.5, 0.6) is 0 Å². The molecule has 0 heteroatoms. The van der Waals surface area contributed by atoms with Gasteiger partial charge < -0.3 is 0 Å². The number of allylic oxidation sites excluding steroid dienone is 1. The Bertz CT molecular complexity index is 115. The Hall–Kier alpha value is -0.260. The van der Waals surface area contributed by atoms with Crippen molar-refractivity contribution in [3.8, 4) is 0 Å². The summed E-state index contributed by atoms with van der Waals surface area (Å²) in [6.45, 7) is 8.49. The van der Waals surface area contributed by atoms with Crippen LogP contribution in [0.1, 0.15) is 33.1 Å². The van der Waals surface area contributed by atoms with Crippen LogP contribution in [0.25, 0.3) is 0 Å². The lowest BCUT2D eigenvalue weighted by Crippen LogP contribution is -2.05. The molecule has 0 saturated heterocycles. The fraction of sp³-hybridized carbons (Fsp3) is 0.778. The standard InChI is InChI=1S/C9H16/c1-4-9(3)6-5-8(2)7-9/h4,8H,1,5-7H2,2-3H3/t8?,9-/m1/s1. The minimum absolute atomic E-state index is 0.472. The summed E-state index contributed by atoms with van der Waals surface area (Å²) in [5, 5.41) is 0. The summed E-state index contributed by atoms with van der Waals surface area (Å²) in [5.41, 5.74) is 0.472. The molecule has 1 aliphatic carbocycles. The molecule has 2 atom stereocenters. The highest BCUT2D eigenvalue weighted by Crippen LogP contribution is 2.41. The van der Waals surface area contributed by atoms with Crippen LogP contribution < -0.4 is 0 Å². The van der Waals surface area contributed by atoms with E-state index in [1.54, 1.807) is 0 Å². The average molecular weight is 124 g/mol. The van der Waals surface area contributed by atoms with Crippen LogP contribution in [0.4, 0.5) is 0 Å². The van der Waals surface area contributed by atoms with E-state index >= 15 is 0 Å². The summed E-state index contributed by atoms with van der Waals surface area (Å²) in [4.78, 5) is 0. The maximum atomic E-state index is 3.85. The zero-order valence-corrected chi connectivity index (χ0v) is 6.48. The molecule has 0 spiro atoms. The van der Waals surface area contributed by atoms with Gasteiger partial charge >= 0.3 is 0 Å². The average Bonchev–Trinajstić information content (AvgIpc) is 2.13. The first-order chi connectivity index (χ1) is 4.16. The molecular formula is C9H16. The maximum absolute atomic E-state index is 3.85. The van der Waals surface area contributed by atoms with E-state index in [0.717, 1.165) is 5.92 Å². The fourth-order valence-electron chi connectivity index (χ4n) is 1.76. The Kier molecular flexibility index (Phi) is 1.65. The molecule has 1 rings (SSSR count). The van der Waals surface area contributed by atoms with Gasteiger partial charge in [0, 0.05) is 0 Å². The van der Waals surface area contributed by atoms with Gasteiger partial charge in [0.15, 0.2) is 0 Å². The Morgan fingerprint density at radius 3 is 2.56 bits per heavy atom. The van der Waals surface area contributed by atoms with E-state index in [4.69, 9.17) is 0 Å². The zero-order valence-electron chi connectivity index (χ0n) is 6.48. The normalized spacial score (nSPS) is 43.1. The Labute approximate surface area is 58.0 Å². The Morgan fingerprint density at radius 1 is 1.67 bits per heavy atom. The van der Waals surface area contributed by atoms with Gasteiger partial charge in [-0.3, -0.25) is 0 Å². The van der Waals surface area contributed by atoms with Gasteiger partial charge in [-0.15, -0.1) is 6.58 Å². The third-order valence-corrected chi connectivity index (χ3v) is 2.52. The highest BCUT2D eigenvalue weighted by molar-refractivity contribution is 4.96. The lowest BCUT2D eigenvalue weighted by molar-refractivity contribution is 0.426. The van der Waals surface area contributed by atoms with Crippen molar-refractivity contribution >= 4 is 0 Å². The van der Waals surface area contributed by atoms with Crippen molar-refractivity contribution in [3.05, 3.63) is 12.7 Å². The summed E-state index contributed by atoms with van der Waals surface area (Å²) in [5.74, 6) is 0.924. The molecule has 0 aromatic carbocycles. The van der Waals surface area contributed by atoms with Crippen LogP contribution in [0, 0.1) is 11.3 Å². The van der Waals surface area contributed by atoms with Gasteiger partial charge in [0.25, 0.3) is 0 Å². The van der Waals surface area contributed by atoms with Gasteiger partial charge in [0.1, 0.15) is 0 Å². The van der Waals surface area contributed by atoms with Gasteiger partial charge in [-0.2, -0.15) is 0 Å². The largest absolute Gasteiger partial charge is 0.103 e. The molecule has 0 N–H and O–H groups in total. The van der Waals surface area contributed by atoms with E-state index in [-0.39, 0.29) is 0 Å². The molecular weight excluding hydrogens is 108 g/mol. The molecule has 0 aromatic heterocycles. The quantitative estimate of drug-likeness (QED) is 0.471. The third kappa shape index (κ3) is 1.35. The summed E-state index contributed by atoms with van der Waals surface area (Å²) in [6.07, 6.45) is 6.20. The number of hydrogen-bond acceptors (Lipinski definition) is 0. The second-order valence-electron chi connectivity index (χ2n) is 3.71. The smallest absolute Gasteiger partial charge is 0.0147 e. The van der Waals surface area contributed by atoms with Crippen molar-refractivity contribution in [2.45, 2.75) is 33.1 Å². The second kappa shape index (κ2) is 2.17. The van der Waals surface area contributed by atoms with E-state index < -0.39 is 0 Å². The van der Waals surface area contributed by atoms with E-state index in [2.05, 4.69) is 26.5 Å². The van der Waals surface area contributed by atoms with Crippen LogP contribution in [0.15, 0.2) is 12.7 Å².